The van der Waals surface area contributed by atoms with Gasteiger partial charge in [-0.25, -0.2) is 9.79 Å². The Kier molecular flexibility index (Phi) is 28.7. The zero-order chi connectivity index (χ0) is 13.9. The highest BCUT2D eigenvalue weighted by atomic mass is 16.1. The maximum Gasteiger partial charge on any atom is 0.234 e. The maximum atomic E-state index is 8.88. The van der Waals surface area contributed by atoms with Gasteiger partial charge in [-0.2, -0.15) is 0 Å². The molecule has 0 bridgehead atoms. The molecule has 1 rings (SSSR count). The summed E-state index contributed by atoms with van der Waals surface area (Å²) in [5.41, 5.74) is 0. The number of hydrogen-bond donors (Lipinski definition) is 0. The minimum atomic E-state index is 0.500. The van der Waals surface area contributed by atoms with Crippen LogP contribution < -0.4 is 0 Å². The number of hydrogen-bond acceptors (Lipinski definition) is 4. The molecule has 0 saturated heterocycles. The lowest BCUT2D eigenvalue weighted by atomic mass is 9.91. The van der Waals surface area contributed by atoms with Crippen molar-refractivity contribution >= 4 is 18.2 Å². The molecule has 1 aliphatic rings. The van der Waals surface area contributed by atoms with E-state index in [0.717, 1.165) is 5.92 Å². The third kappa shape index (κ3) is 40.9. The smallest absolute Gasteiger partial charge is 0.234 e. The average Bonchev–Trinajstić information content (AvgIpc) is 2.32. The Bertz CT molecular complexity index is 243. The molecule has 1 fully saturated rings. The molecule has 0 N–H and O–H groups in total. The Labute approximate surface area is 101 Å². The lowest BCUT2D eigenvalue weighted by molar-refractivity contribution is 0.385. The zero-order valence-electron chi connectivity index (χ0n) is 10.2. The minimum absolute atomic E-state index is 0.500. The van der Waals surface area contributed by atoms with Gasteiger partial charge in [0.25, 0.3) is 0 Å². The molecule has 0 atom stereocenters. The number of isocyanates is 3. The maximum absolute atomic E-state index is 8.88. The van der Waals surface area contributed by atoms with Gasteiger partial charge in [-0.3, -0.25) is 9.59 Å². The van der Waals surface area contributed by atoms with Gasteiger partial charge in [0, 0.05) is 7.05 Å². The minimum Gasteiger partial charge on any atom is -0.724 e. The van der Waals surface area contributed by atoms with E-state index in [1.807, 2.05) is 0 Å². The molecular formula is C11H17N3O3-2. The summed E-state index contributed by atoms with van der Waals surface area (Å²) >= 11 is 0. The van der Waals surface area contributed by atoms with Crippen molar-refractivity contribution in [1.29, 1.82) is 0 Å². The number of nitrogens with zero attached hydrogens (tertiary/aromatic N) is 3. The summed E-state index contributed by atoms with van der Waals surface area (Å²) < 4.78 is 0. The Morgan fingerprint density at radius 2 is 1.29 bits per heavy atom. The second-order valence-corrected chi connectivity index (χ2v) is 3.24. The van der Waals surface area contributed by atoms with Crippen LogP contribution in [0.15, 0.2) is 4.99 Å². The van der Waals surface area contributed by atoms with E-state index in [-0.39, 0.29) is 0 Å². The Balaban J connectivity index is -0.000000170. The summed E-state index contributed by atoms with van der Waals surface area (Å²) in [5.74, 6) is 1.04. The average molecular weight is 239 g/mol. The lowest BCUT2D eigenvalue weighted by Gasteiger charge is -2.15. The van der Waals surface area contributed by atoms with Crippen LogP contribution in [0.3, 0.4) is 0 Å². The van der Waals surface area contributed by atoms with Crippen LogP contribution in [0.2, 0.25) is 0 Å². The van der Waals surface area contributed by atoms with Crippen LogP contribution in [0.4, 0.5) is 0 Å². The van der Waals surface area contributed by atoms with Gasteiger partial charge in [0.2, 0.25) is 6.08 Å². The van der Waals surface area contributed by atoms with Crippen LogP contribution in [0.5, 0.6) is 0 Å². The van der Waals surface area contributed by atoms with Gasteiger partial charge >= 0.3 is 0 Å². The molecule has 0 aromatic rings. The SMILES string of the molecule is CC1CCCCC1.CN=C=O.[N-]=C=O.[N-]=C=O. The van der Waals surface area contributed by atoms with Gasteiger partial charge in [0.05, 0.1) is 0 Å². The molecule has 0 heterocycles. The fourth-order valence-electron chi connectivity index (χ4n) is 1.31. The molecule has 0 unspecified atom stereocenters. The molecule has 0 aromatic carbocycles. The predicted octanol–water partition coefficient (Wildman–Crippen LogP) is 2.32. The summed E-state index contributed by atoms with van der Waals surface area (Å²) in [6, 6.07) is 0. The summed E-state index contributed by atoms with van der Waals surface area (Å²) in [4.78, 5) is 28.3. The van der Waals surface area contributed by atoms with Crippen LogP contribution in [-0.2, 0) is 14.4 Å². The molecule has 6 nitrogen and oxygen atoms in total. The molecule has 0 spiro atoms. The van der Waals surface area contributed by atoms with Gasteiger partial charge in [-0.05, 0) is 18.1 Å². The van der Waals surface area contributed by atoms with Crippen molar-refractivity contribution in [2.45, 2.75) is 39.0 Å². The van der Waals surface area contributed by atoms with E-state index < -0.39 is 0 Å². The lowest BCUT2D eigenvalue weighted by Crippen LogP contribution is -1.99. The first-order chi connectivity index (χ1) is 8.14. The van der Waals surface area contributed by atoms with E-state index in [2.05, 4.69) is 11.9 Å². The number of aliphatic imine (C=N–C) groups is 1. The molecular weight excluding hydrogens is 222 g/mol. The highest BCUT2D eigenvalue weighted by molar-refractivity contribution is 5.37. The Morgan fingerprint density at radius 3 is 1.41 bits per heavy atom. The molecule has 0 aliphatic heterocycles. The normalized spacial score (nSPS) is 12.4. The summed E-state index contributed by atoms with van der Waals surface area (Å²) in [5, 5.41) is 13.5. The molecule has 1 saturated carbocycles. The first-order valence-corrected chi connectivity index (χ1v) is 5.12. The molecule has 0 aromatic heterocycles. The second-order valence-electron chi connectivity index (χ2n) is 3.24. The van der Waals surface area contributed by atoms with Gasteiger partial charge in [-0.15, -0.1) is 0 Å². The van der Waals surface area contributed by atoms with Gasteiger partial charge in [-0.1, -0.05) is 39.0 Å². The largest absolute Gasteiger partial charge is 0.724 e. The topological polar surface area (TPSA) is 108 Å². The van der Waals surface area contributed by atoms with Gasteiger partial charge in [0.1, 0.15) is 0 Å². The fourth-order valence-corrected chi connectivity index (χ4v) is 1.31. The van der Waals surface area contributed by atoms with Crippen molar-refractivity contribution in [3.63, 3.8) is 0 Å². The van der Waals surface area contributed by atoms with E-state index in [9.17, 15) is 0 Å². The standard InChI is InChI=1S/C7H14.C2H3NO.2CNO/c1-7-5-3-2-4-6-7;1-3-2-4;2*2-1-3/h7H,2-6H2,1H3;1H3;;/q;;2*-1. The van der Waals surface area contributed by atoms with Crippen LogP contribution >= 0.6 is 0 Å². The van der Waals surface area contributed by atoms with Crippen LogP contribution in [-0.4, -0.2) is 25.3 Å². The number of rotatable bonds is 0. The van der Waals surface area contributed by atoms with Crippen LogP contribution in [0, 0.1) is 5.92 Å². The summed E-state index contributed by atoms with van der Waals surface area (Å²) in [6.45, 7) is 2.36. The molecule has 1 aliphatic carbocycles. The molecule has 6 heteroatoms. The second kappa shape index (κ2) is 23.7. The Morgan fingerprint density at radius 1 is 1.00 bits per heavy atom. The van der Waals surface area contributed by atoms with Crippen molar-refractivity contribution in [2.24, 2.45) is 10.9 Å². The fraction of sp³-hybridized carbons (Fsp3) is 0.727. The van der Waals surface area contributed by atoms with Gasteiger partial charge in [0.15, 0.2) is 0 Å². The zero-order valence-corrected chi connectivity index (χ0v) is 10.2. The summed E-state index contributed by atoms with van der Waals surface area (Å²) in [7, 11) is 1.38. The predicted molar refractivity (Wildman–Crippen MR) is 64.4 cm³/mol. The van der Waals surface area contributed by atoms with Crippen molar-refractivity contribution in [3.05, 3.63) is 10.8 Å². The molecule has 96 valence electrons. The first kappa shape index (κ1) is 20.5. The van der Waals surface area contributed by atoms with Crippen molar-refractivity contribution in [3.8, 4) is 0 Å². The van der Waals surface area contributed by atoms with Crippen molar-refractivity contribution < 1.29 is 14.4 Å². The molecule has 17 heavy (non-hydrogen) atoms. The van der Waals surface area contributed by atoms with E-state index >= 15 is 0 Å². The first-order valence-electron chi connectivity index (χ1n) is 5.12. The summed E-state index contributed by atoms with van der Waals surface area (Å²) in [6.07, 6.45) is 9.74. The van der Waals surface area contributed by atoms with Crippen LogP contribution in [0.1, 0.15) is 39.0 Å². The van der Waals surface area contributed by atoms with E-state index in [4.69, 9.17) is 25.2 Å². The quantitative estimate of drug-likeness (QED) is 0.478. The van der Waals surface area contributed by atoms with Crippen LogP contribution in [0.25, 0.3) is 10.8 Å². The van der Waals surface area contributed by atoms with E-state index in [1.165, 1.54) is 45.2 Å². The monoisotopic (exact) mass is 239 g/mol. The van der Waals surface area contributed by atoms with Crippen molar-refractivity contribution in [2.75, 3.05) is 7.05 Å². The van der Waals surface area contributed by atoms with Gasteiger partial charge < -0.3 is 10.8 Å². The molecule has 0 amide bonds. The highest BCUT2D eigenvalue weighted by Gasteiger charge is 2.05. The Hall–Kier alpha value is -1.86. The van der Waals surface area contributed by atoms with Crippen molar-refractivity contribution in [1.82, 2.24) is 0 Å². The third-order valence-electron chi connectivity index (χ3n) is 1.99. The van der Waals surface area contributed by atoms with E-state index in [0.29, 0.717) is 12.2 Å². The third-order valence-corrected chi connectivity index (χ3v) is 1.99. The number of carbonyl (C=O) groups excluding carboxylic acids is 3. The highest BCUT2D eigenvalue weighted by Crippen LogP contribution is 2.21. The molecule has 0 radical (unpaired) electrons. The van der Waals surface area contributed by atoms with E-state index in [1.54, 1.807) is 0 Å².